The average Bonchev–Trinajstić information content (AvgIpc) is 1.93. The minimum atomic E-state index is -0.382. The number of halogens is 1. The van der Waals surface area contributed by atoms with Gasteiger partial charge in [0.05, 0.1) is 16.1 Å². The third-order valence-corrected chi connectivity index (χ3v) is 1.76. The summed E-state index contributed by atoms with van der Waals surface area (Å²) in [6, 6.07) is 1.30. The van der Waals surface area contributed by atoms with Crippen molar-refractivity contribution in [1.82, 2.24) is 8.16 Å². The van der Waals surface area contributed by atoms with E-state index in [1.54, 1.807) is 7.05 Å². The maximum Gasteiger partial charge on any atom is 0.341 e. The average molecular weight is 205 g/mol. The highest BCUT2D eigenvalue weighted by Gasteiger charge is 1.95. The third-order valence-electron chi connectivity index (χ3n) is 1.10. The molecule has 5 heteroatoms. The lowest BCUT2D eigenvalue weighted by atomic mass is 10.6. The number of rotatable bonds is 0. The van der Waals surface area contributed by atoms with Crippen LogP contribution < -0.4 is 11.2 Å². The number of hydrogen-bond acceptors (Lipinski definition) is 2. The second-order valence-corrected chi connectivity index (χ2v) is 2.54. The SMILES string of the molecule is Cn1ccc(=O)n(Br)c1=O. The Hall–Kier alpha value is -0.840. The normalized spacial score (nSPS) is 9.80. The lowest BCUT2D eigenvalue weighted by molar-refractivity contribution is 0.785. The molecule has 1 aromatic rings. The van der Waals surface area contributed by atoms with Crippen molar-refractivity contribution < 1.29 is 0 Å². The van der Waals surface area contributed by atoms with E-state index in [1.807, 2.05) is 0 Å². The molecular weight excluding hydrogens is 200 g/mol. The van der Waals surface area contributed by atoms with E-state index >= 15 is 0 Å². The van der Waals surface area contributed by atoms with Gasteiger partial charge in [0.2, 0.25) is 0 Å². The van der Waals surface area contributed by atoms with E-state index in [9.17, 15) is 9.59 Å². The molecule has 0 radical (unpaired) electrons. The van der Waals surface area contributed by atoms with Gasteiger partial charge in [-0.15, -0.1) is 0 Å². The van der Waals surface area contributed by atoms with E-state index in [0.29, 0.717) is 0 Å². The molecule has 0 bridgehead atoms. The molecular formula is C5H5BrN2O2. The lowest BCUT2D eigenvalue weighted by Crippen LogP contribution is -2.32. The smallest absolute Gasteiger partial charge is 0.303 e. The fraction of sp³-hybridized carbons (Fsp3) is 0.200. The van der Waals surface area contributed by atoms with Gasteiger partial charge in [-0.1, -0.05) is 0 Å². The van der Waals surface area contributed by atoms with Gasteiger partial charge in [0, 0.05) is 19.3 Å². The molecule has 0 unspecified atom stereocenters. The molecule has 0 aliphatic carbocycles. The van der Waals surface area contributed by atoms with E-state index < -0.39 is 0 Å². The number of nitrogens with zero attached hydrogens (tertiary/aromatic N) is 2. The first-order valence-electron chi connectivity index (χ1n) is 2.58. The monoisotopic (exact) mass is 204 g/mol. The van der Waals surface area contributed by atoms with E-state index in [4.69, 9.17) is 0 Å². The summed E-state index contributed by atoms with van der Waals surface area (Å²) >= 11 is 2.80. The first-order valence-corrected chi connectivity index (χ1v) is 3.28. The van der Waals surface area contributed by atoms with Crippen molar-refractivity contribution in [2.45, 2.75) is 0 Å². The molecule has 0 aliphatic rings. The van der Waals surface area contributed by atoms with E-state index in [0.717, 1.165) is 3.59 Å². The lowest BCUT2D eigenvalue weighted by Gasteiger charge is -1.95. The van der Waals surface area contributed by atoms with Gasteiger partial charge < -0.3 is 4.57 Å². The molecule has 0 aliphatic heterocycles. The van der Waals surface area contributed by atoms with Crippen LogP contribution in [0.5, 0.6) is 0 Å². The van der Waals surface area contributed by atoms with Crippen LogP contribution in [0.4, 0.5) is 0 Å². The Morgan fingerprint density at radius 1 is 1.50 bits per heavy atom. The second kappa shape index (κ2) is 2.42. The Kier molecular flexibility index (Phi) is 1.76. The van der Waals surface area contributed by atoms with Crippen LogP contribution in [0.2, 0.25) is 0 Å². The van der Waals surface area contributed by atoms with Crippen molar-refractivity contribution in [3.8, 4) is 0 Å². The summed E-state index contributed by atoms with van der Waals surface area (Å²) in [5.74, 6) is 0. The molecule has 0 N–H and O–H groups in total. The van der Waals surface area contributed by atoms with Crippen LogP contribution >= 0.6 is 16.1 Å². The standard InChI is InChI=1S/C5H5BrN2O2/c1-7-3-2-4(9)8(6)5(7)10/h2-3H,1H3. The van der Waals surface area contributed by atoms with Crippen LogP contribution in [-0.4, -0.2) is 8.16 Å². The van der Waals surface area contributed by atoms with Gasteiger partial charge in [-0.05, 0) is 0 Å². The highest BCUT2D eigenvalue weighted by molar-refractivity contribution is 9.08. The van der Waals surface area contributed by atoms with Crippen LogP contribution in [0.1, 0.15) is 0 Å². The van der Waals surface area contributed by atoms with Crippen molar-refractivity contribution in [3.05, 3.63) is 33.1 Å². The maximum absolute atomic E-state index is 10.9. The molecule has 0 atom stereocenters. The zero-order chi connectivity index (χ0) is 7.72. The van der Waals surface area contributed by atoms with Crippen molar-refractivity contribution in [1.29, 1.82) is 0 Å². The number of aromatic nitrogens is 2. The van der Waals surface area contributed by atoms with Crippen molar-refractivity contribution >= 4 is 16.1 Å². The minimum Gasteiger partial charge on any atom is -0.303 e. The van der Waals surface area contributed by atoms with Crippen LogP contribution in [0.3, 0.4) is 0 Å². The molecule has 1 rings (SSSR count). The van der Waals surface area contributed by atoms with E-state index in [-0.39, 0.29) is 11.2 Å². The van der Waals surface area contributed by atoms with Crippen LogP contribution in [0.25, 0.3) is 0 Å². The first-order chi connectivity index (χ1) is 4.63. The molecule has 0 spiro atoms. The van der Waals surface area contributed by atoms with Crippen LogP contribution in [0, 0.1) is 0 Å². The van der Waals surface area contributed by atoms with E-state index in [2.05, 4.69) is 16.1 Å². The quantitative estimate of drug-likeness (QED) is 0.583. The fourth-order valence-electron chi connectivity index (χ4n) is 0.538. The van der Waals surface area contributed by atoms with Gasteiger partial charge in [0.15, 0.2) is 0 Å². The highest BCUT2D eigenvalue weighted by atomic mass is 79.9. The molecule has 4 nitrogen and oxygen atoms in total. The molecule has 1 heterocycles. The molecule has 0 saturated carbocycles. The second-order valence-electron chi connectivity index (χ2n) is 1.83. The zero-order valence-corrected chi connectivity index (χ0v) is 6.83. The van der Waals surface area contributed by atoms with Crippen LogP contribution in [-0.2, 0) is 7.05 Å². The predicted octanol–water partition coefficient (Wildman–Crippen LogP) is -0.295. The Morgan fingerprint density at radius 2 is 2.10 bits per heavy atom. The van der Waals surface area contributed by atoms with Crippen molar-refractivity contribution in [2.75, 3.05) is 0 Å². The molecule has 0 saturated heterocycles. The summed E-state index contributed by atoms with van der Waals surface area (Å²) < 4.78 is 2.17. The van der Waals surface area contributed by atoms with Crippen LogP contribution in [0.15, 0.2) is 21.9 Å². The van der Waals surface area contributed by atoms with Crippen molar-refractivity contribution in [3.63, 3.8) is 0 Å². The van der Waals surface area contributed by atoms with Gasteiger partial charge >= 0.3 is 5.69 Å². The Balaban J connectivity index is 3.66. The van der Waals surface area contributed by atoms with E-state index in [1.165, 1.54) is 16.8 Å². The maximum atomic E-state index is 10.9. The summed E-state index contributed by atoms with van der Waals surface area (Å²) in [6.07, 6.45) is 1.42. The highest BCUT2D eigenvalue weighted by Crippen LogP contribution is 1.76. The fourth-order valence-corrected chi connectivity index (χ4v) is 0.906. The third kappa shape index (κ3) is 1.04. The van der Waals surface area contributed by atoms with Gasteiger partial charge in [0.25, 0.3) is 5.56 Å². The summed E-state index contributed by atoms with van der Waals surface area (Å²) in [5, 5.41) is 0. The van der Waals surface area contributed by atoms with Gasteiger partial charge in [-0.3, -0.25) is 4.79 Å². The molecule has 0 amide bonds. The largest absolute Gasteiger partial charge is 0.341 e. The first kappa shape index (κ1) is 7.27. The topological polar surface area (TPSA) is 44.0 Å². The Bertz CT molecular complexity index is 351. The Morgan fingerprint density at radius 3 is 2.60 bits per heavy atom. The predicted molar refractivity (Wildman–Crippen MR) is 40.3 cm³/mol. The summed E-state index contributed by atoms with van der Waals surface area (Å²) in [4.78, 5) is 21.6. The summed E-state index contributed by atoms with van der Waals surface area (Å²) in [5.41, 5.74) is -0.740. The molecule has 54 valence electrons. The summed E-state index contributed by atoms with van der Waals surface area (Å²) in [7, 11) is 1.57. The molecule has 0 aromatic carbocycles. The van der Waals surface area contributed by atoms with Crippen molar-refractivity contribution in [2.24, 2.45) is 7.05 Å². The summed E-state index contributed by atoms with van der Waals surface area (Å²) in [6.45, 7) is 0. The molecule has 1 aromatic heterocycles. The molecule has 10 heavy (non-hydrogen) atoms. The van der Waals surface area contributed by atoms with Gasteiger partial charge in [-0.2, -0.15) is 3.59 Å². The minimum absolute atomic E-state index is 0.358. The van der Waals surface area contributed by atoms with Gasteiger partial charge in [-0.25, -0.2) is 4.79 Å². The zero-order valence-electron chi connectivity index (χ0n) is 5.24. The molecule has 0 fully saturated rings. The Labute approximate surface area is 65.1 Å². The number of aryl methyl sites for hydroxylation is 1. The number of hydrogen-bond donors (Lipinski definition) is 0. The van der Waals surface area contributed by atoms with Gasteiger partial charge in [0.1, 0.15) is 0 Å².